The Bertz CT molecular complexity index is 580. The normalized spacial score (nSPS) is 44.1. The first kappa shape index (κ1) is 18.0. The second-order valence-electron chi connectivity index (χ2n) is 10.3. The van der Waals surface area contributed by atoms with E-state index in [0.29, 0.717) is 0 Å². The highest BCUT2D eigenvalue weighted by molar-refractivity contribution is 5.21. The first-order chi connectivity index (χ1) is 13.3. The van der Waals surface area contributed by atoms with Crippen LogP contribution in [0.5, 0.6) is 0 Å². The molecule has 0 spiro atoms. The molecule has 27 heavy (non-hydrogen) atoms. The Balaban J connectivity index is 0.0000000967. The molecule has 7 atom stereocenters. The second-order valence-corrected chi connectivity index (χ2v) is 10.3. The molecule has 0 N–H and O–H groups in total. The molecule has 146 valence electrons. The van der Waals surface area contributed by atoms with Crippen LogP contribution >= 0.6 is 0 Å². The van der Waals surface area contributed by atoms with Crippen LogP contribution in [0, 0.1) is 41.4 Å². The molecule has 7 rings (SSSR count). The summed E-state index contributed by atoms with van der Waals surface area (Å²) < 4.78 is 0. The van der Waals surface area contributed by atoms with Crippen LogP contribution in [0.25, 0.3) is 0 Å². The summed E-state index contributed by atoms with van der Waals surface area (Å²) in [6.45, 7) is 0. The van der Waals surface area contributed by atoms with Gasteiger partial charge in [0.05, 0.1) is 0 Å². The zero-order chi connectivity index (χ0) is 18.1. The van der Waals surface area contributed by atoms with Gasteiger partial charge in [-0.3, -0.25) is 0 Å². The molecule has 0 nitrogen and oxygen atoms in total. The van der Waals surface area contributed by atoms with Gasteiger partial charge in [-0.2, -0.15) is 0 Å². The van der Waals surface area contributed by atoms with E-state index in [2.05, 4.69) is 42.5 Å². The Morgan fingerprint density at radius 2 is 1.15 bits per heavy atom. The monoisotopic (exact) mass is 362 g/mol. The maximum absolute atomic E-state index is 2.54. The molecule has 3 saturated carbocycles. The summed E-state index contributed by atoms with van der Waals surface area (Å²) in [5.74, 6) is 6.78. The molecule has 7 aliphatic carbocycles. The van der Waals surface area contributed by atoms with Gasteiger partial charge in [-0.05, 0) is 118 Å². The van der Waals surface area contributed by atoms with Crippen molar-refractivity contribution in [3.8, 4) is 0 Å². The van der Waals surface area contributed by atoms with Gasteiger partial charge in [-0.1, -0.05) is 48.1 Å². The highest BCUT2D eigenvalue weighted by Gasteiger charge is 2.37. The molecule has 0 aromatic rings. The Morgan fingerprint density at radius 1 is 0.556 bits per heavy atom. The zero-order valence-corrected chi connectivity index (χ0v) is 17.1. The van der Waals surface area contributed by atoms with Crippen LogP contribution in [0.2, 0.25) is 0 Å². The Labute approximate surface area is 166 Å². The van der Waals surface area contributed by atoms with Crippen LogP contribution in [-0.2, 0) is 0 Å². The van der Waals surface area contributed by atoms with Crippen molar-refractivity contribution in [3.05, 3.63) is 48.1 Å². The fourth-order valence-corrected chi connectivity index (χ4v) is 6.84. The minimum absolute atomic E-state index is 0.925. The summed E-state index contributed by atoms with van der Waals surface area (Å²) in [6.07, 6.45) is 34.4. The fourth-order valence-electron chi connectivity index (χ4n) is 6.84. The number of fused-ring (bicyclic) bond motifs is 6. The zero-order valence-electron chi connectivity index (χ0n) is 17.1. The van der Waals surface area contributed by atoms with Crippen molar-refractivity contribution in [2.24, 2.45) is 41.4 Å². The molecular weight excluding hydrogens is 324 g/mol. The summed E-state index contributed by atoms with van der Waals surface area (Å²) in [5.41, 5.74) is 1.81. The minimum Gasteiger partial charge on any atom is -0.0851 e. The largest absolute Gasteiger partial charge is 0.0851 e. The third-order valence-corrected chi connectivity index (χ3v) is 8.42. The molecule has 0 amide bonds. The standard InChI is InChI=1S/C13H18.2C7H10/c1-2-4-11(5-3-1)13-9-10-6-7-12(13)8-10;2*1-2-7-4-3-6(1)5-7/h4,6-7,10,12-13H,1-3,5,8-9H2;2*1-2,6-7H,3-5H2. The van der Waals surface area contributed by atoms with Crippen molar-refractivity contribution in [1.82, 2.24) is 0 Å². The van der Waals surface area contributed by atoms with E-state index in [1.54, 1.807) is 0 Å². The van der Waals surface area contributed by atoms with E-state index in [0.717, 1.165) is 41.4 Å². The molecule has 3 fully saturated rings. The van der Waals surface area contributed by atoms with Crippen LogP contribution in [0.1, 0.15) is 77.0 Å². The highest BCUT2D eigenvalue weighted by atomic mass is 14.4. The second kappa shape index (κ2) is 8.14. The number of rotatable bonds is 1. The summed E-state index contributed by atoms with van der Waals surface area (Å²) in [7, 11) is 0. The van der Waals surface area contributed by atoms with Crippen LogP contribution in [0.15, 0.2) is 48.1 Å². The summed E-state index contributed by atoms with van der Waals surface area (Å²) in [4.78, 5) is 0. The summed E-state index contributed by atoms with van der Waals surface area (Å²) >= 11 is 0. The summed E-state index contributed by atoms with van der Waals surface area (Å²) in [6, 6.07) is 0. The van der Waals surface area contributed by atoms with Gasteiger partial charge in [0.1, 0.15) is 0 Å². The van der Waals surface area contributed by atoms with Crippen LogP contribution < -0.4 is 0 Å². The molecule has 7 aliphatic rings. The average Bonchev–Trinajstić information content (AvgIpc) is 3.56. The van der Waals surface area contributed by atoms with E-state index in [4.69, 9.17) is 0 Å². The Morgan fingerprint density at radius 3 is 1.48 bits per heavy atom. The van der Waals surface area contributed by atoms with E-state index >= 15 is 0 Å². The lowest BCUT2D eigenvalue weighted by atomic mass is 9.81. The molecular formula is C27H38. The molecule has 0 radical (unpaired) electrons. The van der Waals surface area contributed by atoms with Gasteiger partial charge in [0.25, 0.3) is 0 Å². The quantitative estimate of drug-likeness (QED) is 0.420. The smallest absolute Gasteiger partial charge is 0.0134 e. The lowest BCUT2D eigenvalue weighted by Gasteiger charge is -2.24. The van der Waals surface area contributed by atoms with Crippen molar-refractivity contribution in [3.63, 3.8) is 0 Å². The van der Waals surface area contributed by atoms with Gasteiger partial charge in [0.15, 0.2) is 0 Å². The SMILES string of the molecule is C1=CC2CC1CC2C1=CCCCC1.C1=CC2CCC1C2.C1=CC2CCC1C2. The van der Waals surface area contributed by atoms with E-state index < -0.39 is 0 Å². The topological polar surface area (TPSA) is 0 Å². The lowest BCUT2D eigenvalue weighted by Crippen LogP contribution is -2.11. The molecule has 0 saturated heterocycles. The molecule has 0 aromatic carbocycles. The maximum atomic E-state index is 2.54. The molecule has 0 aromatic heterocycles. The fraction of sp³-hybridized carbons (Fsp3) is 0.704. The highest BCUT2D eigenvalue weighted by Crippen LogP contribution is 2.48. The van der Waals surface area contributed by atoms with Gasteiger partial charge >= 0.3 is 0 Å². The Kier molecular flexibility index (Phi) is 5.43. The lowest BCUT2D eigenvalue weighted by molar-refractivity contribution is 0.482. The molecule has 0 heteroatoms. The van der Waals surface area contributed by atoms with Crippen LogP contribution in [0.4, 0.5) is 0 Å². The number of allylic oxidation sites excluding steroid dienone is 8. The molecule has 6 bridgehead atoms. The first-order valence-electron chi connectivity index (χ1n) is 12.1. The number of hydrogen-bond acceptors (Lipinski definition) is 0. The summed E-state index contributed by atoms with van der Waals surface area (Å²) in [5, 5.41) is 0. The van der Waals surface area contributed by atoms with Gasteiger partial charge in [-0.25, -0.2) is 0 Å². The molecule has 0 heterocycles. The molecule has 0 aliphatic heterocycles. The van der Waals surface area contributed by atoms with Crippen molar-refractivity contribution in [2.45, 2.75) is 77.0 Å². The predicted molar refractivity (Wildman–Crippen MR) is 115 cm³/mol. The van der Waals surface area contributed by atoms with Crippen molar-refractivity contribution < 1.29 is 0 Å². The number of hydrogen-bond donors (Lipinski definition) is 0. The van der Waals surface area contributed by atoms with Gasteiger partial charge in [0.2, 0.25) is 0 Å². The van der Waals surface area contributed by atoms with E-state index in [9.17, 15) is 0 Å². The molecule has 7 unspecified atom stereocenters. The Hall–Kier alpha value is -1.04. The van der Waals surface area contributed by atoms with Crippen LogP contribution in [-0.4, -0.2) is 0 Å². The third-order valence-electron chi connectivity index (χ3n) is 8.42. The third kappa shape index (κ3) is 4.20. The van der Waals surface area contributed by atoms with Gasteiger partial charge < -0.3 is 0 Å². The first-order valence-corrected chi connectivity index (χ1v) is 12.1. The van der Waals surface area contributed by atoms with E-state index in [1.165, 1.54) is 77.0 Å². The van der Waals surface area contributed by atoms with Gasteiger partial charge in [-0.15, -0.1) is 0 Å². The average molecular weight is 363 g/mol. The van der Waals surface area contributed by atoms with Crippen molar-refractivity contribution in [1.29, 1.82) is 0 Å². The van der Waals surface area contributed by atoms with Crippen molar-refractivity contribution >= 4 is 0 Å². The van der Waals surface area contributed by atoms with Crippen LogP contribution in [0.3, 0.4) is 0 Å². The van der Waals surface area contributed by atoms with Crippen molar-refractivity contribution in [2.75, 3.05) is 0 Å². The van der Waals surface area contributed by atoms with Gasteiger partial charge in [0, 0.05) is 0 Å². The maximum Gasteiger partial charge on any atom is -0.0134 e. The predicted octanol–water partition coefficient (Wildman–Crippen LogP) is 7.64. The van der Waals surface area contributed by atoms with E-state index in [1.807, 2.05) is 5.57 Å². The van der Waals surface area contributed by atoms with E-state index in [-0.39, 0.29) is 0 Å². The minimum atomic E-state index is 0.925.